The van der Waals surface area contributed by atoms with Crippen LogP contribution in [0.5, 0.6) is 0 Å². The van der Waals surface area contributed by atoms with Crippen LogP contribution in [0.25, 0.3) is 0 Å². The zero-order chi connectivity index (χ0) is 21.5. The number of oxime groups is 1. The second kappa shape index (κ2) is 9.29. The summed E-state index contributed by atoms with van der Waals surface area (Å²) in [6.45, 7) is 4.18. The lowest BCUT2D eigenvalue weighted by Gasteiger charge is -2.23. The molecule has 1 atom stereocenters. The fourth-order valence-corrected chi connectivity index (χ4v) is 1.97. The van der Waals surface area contributed by atoms with E-state index in [4.69, 9.17) is 15.6 Å². The van der Waals surface area contributed by atoms with Gasteiger partial charge >= 0.3 is 18.2 Å². The van der Waals surface area contributed by atoms with Gasteiger partial charge in [-0.25, -0.2) is 9.59 Å². The van der Waals surface area contributed by atoms with Gasteiger partial charge in [0.15, 0.2) is 5.84 Å². The third-order valence-electron chi connectivity index (χ3n) is 3.13. The number of alkyl carbamates (subject to hydrolysis) is 1. The predicted octanol–water partition coefficient (Wildman–Crippen LogP) is 2.51. The Morgan fingerprint density at radius 3 is 2.25 bits per heavy atom. The van der Waals surface area contributed by atoms with Crippen molar-refractivity contribution in [3.63, 3.8) is 0 Å². The maximum absolute atomic E-state index is 12.7. The molecule has 0 radical (unpaired) electrons. The zero-order valence-electron chi connectivity index (χ0n) is 15.5. The minimum absolute atomic E-state index is 0.0247. The van der Waals surface area contributed by atoms with Crippen LogP contribution in [-0.4, -0.2) is 41.3 Å². The van der Waals surface area contributed by atoms with E-state index in [1.807, 2.05) is 0 Å². The first-order valence-electron chi connectivity index (χ1n) is 8.10. The van der Waals surface area contributed by atoms with Crippen LogP contribution >= 0.6 is 0 Å². The number of benzene rings is 1. The summed E-state index contributed by atoms with van der Waals surface area (Å²) in [5, 5.41) is 14.4. The second-order valence-electron chi connectivity index (χ2n) is 6.78. The number of amidine groups is 1. The quantitative estimate of drug-likeness (QED) is 0.364. The van der Waals surface area contributed by atoms with Crippen molar-refractivity contribution in [2.45, 2.75) is 45.0 Å². The summed E-state index contributed by atoms with van der Waals surface area (Å²) in [4.78, 5) is 27.0. The van der Waals surface area contributed by atoms with Crippen LogP contribution in [0.15, 0.2) is 29.4 Å². The molecule has 1 rings (SSSR count). The van der Waals surface area contributed by atoms with Gasteiger partial charge in [-0.3, -0.25) is 0 Å². The Morgan fingerprint density at radius 1 is 1.21 bits per heavy atom. The van der Waals surface area contributed by atoms with E-state index in [2.05, 4.69) is 15.3 Å². The highest BCUT2D eigenvalue weighted by Gasteiger charge is 2.30. The molecule has 1 unspecified atom stereocenters. The predicted molar refractivity (Wildman–Crippen MR) is 93.5 cm³/mol. The Bertz CT molecular complexity index is 712. The van der Waals surface area contributed by atoms with E-state index < -0.39 is 42.1 Å². The minimum atomic E-state index is -4.47. The van der Waals surface area contributed by atoms with Crippen LogP contribution in [0, 0.1) is 0 Å². The smallest absolute Gasteiger partial charge is 0.416 e. The lowest BCUT2D eigenvalue weighted by Crippen LogP contribution is -2.47. The number of ether oxygens (including phenoxy) is 1. The number of alkyl halides is 3. The lowest BCUT2D eigenvalue weighted by atomic mass is 10.0. The fourth-order valence-electron chi connectivity index (χ4n) is 1.97. The largest absolute Gasteiger partial charge is 0.479 e. The van der Waals surface area contributed by atoms with Gasteiger partial charge < -0.3 is 25.7 Å². The van der Waals surface area contributed by atoms with Crippen LogP contribution in [0.3, 0.4) is 0 Å². The monoisotopic (exact) mass is 405 g/mol. The molecule has 0 saturated heterocycles. The average Bonchev–Trinajstić information content (AvgIpc) is 2.51. The third-order valence-corrected chi connectivity index (χ3v) is 3.13. The number of hydrogen-bond donors (Lipinski definition) is 3. The molecular formula is C17H22F3N3O5. The molecule has 0 fully saturated rings. The highest BCUT2D eigenvalue weighted by Crippen LogP contribution is 2.29. The molecule has 0 aliphatic carbocycles. The number of halogens is 3. The van der Waals surface area contributed by atoms with E-state index in [-0.39, 0.29) is 12.3 Å². The Morgan fingerprint density at radius 2 is 1.79 bits per heavy atom. The second-order valence-corrected chi connectivity index (χ2v) is 6.78. The van der Waals surface area contributed by atoms with Crippen molar-refractivity contribution in [2.75, 3.05) is 6.61 Å². The normalized spacial score (nSPS) is 13.6. The van der Waals surface area contributed by atoms with Crippen LogP contribution in [0.2, 0.25) is 0 Å². The molecule has 0 aliphatic heterocycles. The Balaban J connectivity index is 2.96. The third kappa shape index (κ3) is 8.60. The molecule has 156 valence electrons. The summed E-state index contributed by atoms with van der Waals surface area (Å²) in [7, 11) is 0. The van der Waals surface area contributed by atoms with Gasteiger partial charge in [-0.05, 0) is 38.5 Å². The number of carboxylic acids is 1. The summed E-state index contributed by atoms with van der Waals surface area (Å²) in [5.41, 5.74) is 4.55. The highest BCUT2D eigenvalue weighted by atomic mass is 19.4. The first kappa shape index (κ1) is 23.1. The lowest BCUT2D eigenvalue weighted by molar-refractivity contribution is -0.142. The maximum Gasteiger partial charge on any atom is 0.416 e. The van der Waals surface area contributed by atoms with Gasteiger partial charge in [-0.1, -0.05) is 17.3 Å². The number of nitrogens with two attached hydrogens (primary N) is 1. The van der Waals surface area contributed by atoms with Crippen LogP contribution in [-0.2, 0) is 27.0 Å². The Hall–Kier alpha value is -2.98. The van der Waals surface area contributed by atoms with E-state index in [1.165, 1.54) is 12.1 Å². The number of aliphatic carboxylic acids is 1. The standard InChI is InChI=1S/C17H22F3N3O5/c1-16(2,3)28-15(26)22-12(14(21)23-27-9-13(24)25)8-10-4-6-11(7-5-10)17(18,19)20/h4-7,12H,8-9H2,1-3H3,(H2,21,23)(H,22,26)(H,24,25). The van der Waals surface area contributed by atoms with Gasteiger partial charge in [0.2, 0.25) is 6.61 Å². The summed E-state index contributed by atoms with van der Waals surface area (Å²) < 4.78 is 43.1. The Labute approximate surface area is 159 Å². The molecule has 28 heavy (non-hydrogen) atoms. The molecular weight excluding hydrogens is 383 g/mol. The molecule has 0 saturated carbocycles. The summed E-state index contributed by atoms with van der Waals surface area (Å²) in [6.07, 6.45) is -5.33. The van der Waals surface area contributed by atoms with Crippen molar-refractivity contribution in [3.8, 4) is 0 Å². The first-order chi connectivity index (χ1) is 12.8. The molecule has 0 aromatic heterocycles. The van der Waals surface area contributed by atoms with Gasteiger partial charge in [0.25, 0.3) is 0 Å². The van der Waals surface area contributed by atoms with Crippen LogP contribution < -0.4 is 11.1 Å². The summed E-state index contributed by atoms with van der Waals surface area (Å²) >= 11 is 0. The van der Waals surface area contributed by atoms with Crippen molar-refractivity contribution in [1.29, 1.82) is 0 Å². The molecule has 4 N–H and O–H groups in total. The molecule has 1 aromatic rings. The molecule has 0 bridgehead atoms. The van der Waals surface area contributed by atoms with Crippen molar-refractivity contribution in [3.05, 3.63) is 35.4 Å². The van der Waals surface area contributed by atoms with E-state index >= 15 is 0 Å². The summed E-state index contributed by atoms with van der Waals surface area (Å²) in [6, 6.07) is 3.26. The number of rotatable bonds is 7. The van der Waals surface area contributed by atoms with Crippen molar-refractivity contribution in [1.82, 2.24) is 5.32 Å². The first-order valence-corrected chi connectivity index (χ1v) is 8.10. The molecule has 8 nitrogen and oxygen atoms in total. The maximum atomic E-state index is 12.7. The number of nitrogens with zero attached hydrogens (tertiary/aromatic N) is 1. The molecule has 11 heteroatoms. The van der Waals surface area contributed by atoms with E-state index in [9.17, 15) is 22.8 Å². The van der Waals surface area contributed by atoms with Gasteiger partial charge in [0.05, 0.1) is 11.6 Å². The van der Waals surface area contributed by atoms with Crippen molar-refractivity contribution < 1.29 is 37.4 Å². The molecule has 0 spiro atoms. The fraction of sp³-hybridized carbons (Fsp3) is 0.471. The Kier molecular flexibility index (Phi) is 7.65. The van der Waals surface area contributed by atoms with E-state index in [1.54, 1.807) is 20.8 Å². The van der Waals surface area contributed by atoms with Gasteiger partial charge in [0, 0.05) is 6.42 Å². The number of hydrogen-bond acceptors (Lipinski definition) is 5. The topological polar surface area (TPSA) is 123 Å². The van der Waals surface area contributed by atoms with Gasteiger partial charge in [0.1, 0.15) is 5.60 Å². The number of carbonyl (C=O) groups is 2. The number of nitrogens with one attached hydrogen (secondary N) is 1. The molecule has 1 amide bonds. The van der Waals surface area contributed by atoms with E-state index in [0.717, 1.165) is 12.1 Å². The van der Waals surface area contributed by atoms with Gasteiger partial charge in [-0.2, -0.15) is 13.2 Å². The number of amides is 1. The average molecular weight is 405 g/mol. The van der Waals surface area contributed by atoms with Crippen LogP contribution in [0.1, 0.15) is 31.9 Å². The molecule has 1 aromatic carbocycles. The molecule has 0 heterocycles. The van der Waals surface area contributed by atoms with Gasteiger partial charge in [-0.15, -0.1) is 0 Å². The number of carboxylic acid groups (broad SMARTS) is 1. The molecule has 0 aliphatic rings. The zero-order valence-corrected chi connectivity index (χ0v) is 15.5. The highest BCUT2D eigenvalue weighted by molar-refractivity contribution is 5.88. The van der Waals surface area contributed by atoms with Crippen LogP contribution in [0.4, 0.5) is 18.0 Å². The summed E-state index contributed by atoms with van der Waals surface area (Å²) in [5.74, 6) is -1.55. The number of carbonyl (C=O) groups excluding carboxylic acids is 1. The van der Waals surface area contributed by atoms with Crippen molar-refractivity contribution >= 4 is 17.9 Å². The minimum Gasteiger partial charge on any atom is -0.479 e. The van der Waals surface area contributed by atoms with E-state index in [0.29, 0.717) is 5.56 Å². The van der Waals surface area contributed by atoms with Crippen molar-refractivity contribution in [2.24, 2.45) is 10.9 Å². The SMILES string of the molecule is CC(C)(C)OC(=O)NC(Cc1ccc(C(F)(F)F)cc1)/C(N)=N/OCC(=O)O.